The summed E-state index contributed by atoms with van der Waals surface area (Å²) >= 11 is 0. The Bertz CT molecular complexity index is 362. The van der Waals surface area contributed by atoms with E-state index in [1.165, 1.54) is 0 Å². The maximum absolute atomic E-state index is 12.0. The number of likely N-dealkylation sites (N-methyl/N-ethyl adjacent to an activating group) is 1. The van der Waals surface area contributed by atoms with Crippen molar-refractivity contribution >= 4 is 0 Å². The average molecular weight is 275 g/mol. The number of halogens is 3. The predicted molar refractivity (Wildman–Crippen MR) is 69.5 cm³/mol. The zero-order valence-corrected chi connectivity index (χ0v) is 11.3. The first-order chi connectivity index (χ1) is 8.90. The molecular weight excluding hydrogens is 255 g/mol. The Kier molecular flexibility index (Phi) is 6.15. The van der Waals surface area contributed by atoms with Gasteiger partial charge in [0.25, 0.3) is 0 Å². The van der Waals surface area contributed by atoms with Crippen LogP contribution in [0.4, 0.5) is 13.2 Å². The predicted octanol–water partition coefficient (Wildman–Crippen LogP) is 3.56. The molecule has 1 unspecified atom stereocenters. The van der Waals surface area contributed by atoms with E-state index < -0.39 is 12.6 Å². The smallest absolute Gasteiger partial charge is 0.392 e. The monoisotopic (exact) mass is 275 g/mol. The van der Waals surface area contributed by atoms with Crippen LogP contribution in [0.3, 0.4) is 0 Å². The lowest BCUT2D eigenvalue weighted by Gasteiger charge is -2.13. The van der Waals surface area contributed by atoms with Crippen LogP contribution in [0.15, 0.2) is 24.3 Å². The molecule has 19 heavy (non-hydrogen) atoms. The van der Waals surface area contributed by atoms with Gasteiger partial charge in [0.05, 0.1) is 13.0 Å². The van der Waals surface area contributed by atoms with Crippen molar-refractivity contribution in [1.29, 1.82) is 0 Å². The maximum Gasteiger partial charge on any atom is 0.392 e. The van der Waals surface area contributed by atoms with Crippen LogP contribution in [0.2, 0.25) is 0 Å². The summed E-state index contributed by atoms with van der Waals surface area (Å²) < 4.78 is 40.9. The molecule has 0 radical (unpaired) electrons. The van der Waals surface area contributed by atoms with Crippen LogP contribution in [-0.2, 0) is 6.42 Å². The van der Waals surface area contributed by atoms with E-state index in [2.05, 4.69) is 12.2 Å². The van der Waals surface area contributed by atoms with Crippen molar-refractivity contribution in [2.45, 2.75) is 38.9 Å². The number of alkyl halides is 3. The number of hydrogen-bond donors (Lipinski definition) is 1. The molecule has 0 amide bonds. The van der Waals surface area contributed by atoms with E-state index in [0.29, 0.717) is 11.8 Å². The zero-order chi connectivity index (χ0) is 14.3. The molecule has 1 rings (SSSR count). The first-order valence-corrected chi connectivity index (χ1v) is 6.42. The highest BCUT2D eigenvalue weighted by Crippen LogP contribution is 2.20. The fourth-order valence-electron chi connectivity index (χ4n) is 1.78. The molecule has 0 saturated heterocycles. The molecule has 0 aromatic heterocycles. The van der Waals surface area contributed by atoms with Crippen molar-refractivity contribution in [3.8, 4) is 5.75 Å². The normalized spacial score (nSPS) is 13.3. The van der Waals surface area contributed by atoms with Crippen LogP contribution in [0.5, 0.6) is 5.75 Å². The van der Waals surface area contributed by atoms with Gasteiger partial charge >= 0.3 is 6.18 Å². The van der Waals surface area contributed by atoms with Crippen molar-refractivity contribution < 1.29 is 17.9 Å². The molecule has 0 heterocycles. The molecule has 5 heteroatoms. The van der Waals surface area contributed by atoms with Crippen LogP contribution < -0.4 is 10.1 Å². The van der Waals surface area contributed by atoms with Gasteiger partial charge in [-0.3, -0.25) is 0 Å². The third-order valence-electron chi connectivity index (χ3n) is 2.67. The minimum absolute atomic E-state index is 0.337. The third-order valence-corrected chi connectivity index (χ3v) is 2.67. The highest BCUT2D eigenvalue weighted by atomic mass is 19.4. The molecule has 0 bridgehead atoms. The Balaban J connectivity index is 2.39. The largest absolute Gasteiger partial charge is 0.493 e. The molecule has 0 aliphatic carbocycles. The number of benzene rings is 1. The molecule has 0 aliphatic heterocycles. The van der Waals surface area contributed by atoms with E-state index >= 15 is 0 Å². The van der Waals surface area contributed by atoms with E-state index in [-0.39, 0.29) is 6.61 Å². The molecule has 108 valence electrons. The summed E-state index contributed by atoms with van der Waals surface area (Å²) in [7, 11) is 0. The SMILES string of the molecule is CCNC(C)Cc1ccc(OCCC(F)(F)F)cc1. The van der Waals surface area contributed by atoms with Gasteiger partial charge in [-0.1, -0.05) is 19.1 Å². The van der Waals surface area contributed by atoms with Gasteiger partial charge in [0.2, 0.25) is 0 Å². The van der Waals surface area contributed by atoms with Crippen molar-refractivity contribution in [2.24, 2.45) is 0 Å². The van der Waals surface area contributed by atoms with Gasteiger partial charge in [0, 0.05) is 6.04 Å². The molecule has 1 aromatic rings. The summed E-state index contributed by atoms with van der Waals surface area (Å²) in [6, 6.07) is 7.57. The van der Waals surface area contributed by atoms with Gasteiger partial charge in [-0.25, -0.2) is 0 Å². The summed E-state index contributed by atoms with van der Waals surface area (Å²) in [4.78, 5) is 0. The van der Waals surface area contributed by atoms with Crippen LogP contribution in [0.1, 0.15) is 25.8 Å². The molecule has 1 aromatic carbocycles. The van der Waals surface area contributed by atoms with Crippen LogP contribution in [0, 0.1) is 0 Å². The molecule has 0 aliphatic rings. The van der Waals surface area contributed by atoms with Gasteiger partial charge in [-0.15, -0.1) is 0 Å². The van der Waals surface area contributed by atoms with Gasteiger partial charge < -0.3 is 10.1 Å². The standard InChI is InChI=1S/C14H20F3NO/c1-3-18-11(2)10-12-4-6-13(7-5-12)19-9-8-14(15,16)17/h4-7,11,18H,3,8-10H2,1-2H3. The van der Waals surface area contributed by atoms with Crippen LogP contribution in [-0.4, -0.2) is 25.4 Å². The van der Waals surface area contributed by atoms with E-state index in [1.54, 1.807) is 12.1 Å². The first-order valence-electron chi connectivity index (χ1n) is 6.42. The second-order valence-electron chi connectivity index (χ2n) is 4.52. The van der Waals surface area contributed by atoms with Crippen molar-refractivity contribution in [3.63, 3.8) is 0 Å². The Labute approximate surface area is 112 Å². The molecule has 0 saturated carbocycles. The number of hydrogen-bond acceptors (Lipinski definition) is 2. The summed E-state index contributed by atoms with van der Waals surface area (Å²) in [6.07, 6.45) is -4.20. The van der Waals surface area contributed by atoms with Crippen molar-refractivity contribution in [3.05, 3.63) is 29.8 Å². The summed E-state index contributed by atoms with van der Waals surface area (Å²) in [5.74, 6) is 0.476. The molecule has 0 spiro atoms. The first kappa shape index (κ1) is 15.8. The third kappa shape index (κ3) is 7.06. The Hall–Kier alpha value is -1.23. The summed E-state index contributed by atoms with van der Waals surface area (Å²) in [6.45, 7) is 4.72. The van der Waals surface area contributed by atoms with Crippen LogP contribution in [0.25, 0.3) is 0 Å². The topological polar surface area (TPSA) is 21.3 Å². The number of rotatable bonds is 7. The second-order valence-corrected chi connectivity index (χ2v) is 4.52. The Morgan fingerprint density at radius 2 is 1.84 bits per heavy atom. The van der Waals surface area contributed by atoms with E-state index in [1.807, 2.05) is 19.1 Å². The minimum Gasteiger partial charge on any atom is -0.493 e. The summed E-state index contributed by atoms with van der Waals surface area (Å²) in [5.41, 5.74) is 1.14. The fourth-order valence-corrected chi connectivity index (χ4v) is 1.78. The Morgan fingerprint density at radius 3 is 2.37 bits per heavy atom. The summed E-state index contributed by atoms with van der Waals surface area (Å²) in [5, 5.41) is 3.30. The van der Waals surface area contributed by atoms with Gasteiger partial charge in [0.1, 0.15) is 5.75 Å². The molecule has 1 N–H and O–H groups in total. The minimum atomic E-state index is -4.17. The maximum atomic E-state index is 12.0. The molecule has 2 nitrogen and oxygen atoms in total. The van der Waals surface area contributed by atoms with Gasteiger partial charge in [0.15, 0.2) is 0 Å². The number of nitrogens with one attached hydrogen (secondary N) is 1. The Morgan fingerprint density at radius 1 is 1.21 bits per heavy atom. The van der Waals surface area contributed by atoms with Crippen molar-refractivity contribution in [1.82, 2.24) is 5.32 Å². The fraction of sp³-hybridized carbons (Fsp3) is 0.571. The van der Waals surface area contributed by atoms with Crippen molar-refractivity contribution in [2.75, 3.05) is 13.2 Å². The van der Waals surface area contributed by atoms with Gasteiger partial charge in [-0.05, 0) is 37.6 Å². The quantitative estimate of drug-likeness (QED) is 0.821. The van der Waals surface area contributed by atoms with E-state index in [0.717, 1.165) is 18.5 Å². The highest BCUT2D eigenvalue weighted by Gasteiger charge is 2.26. The second kappa shape index (κ2) is 7.38. The van der Waals surface area contributed by atoms with E-state index in [4.69, 9.17) is 4.74 Å². The average Bonchev–Trinajstić information content (AvgIpc) is 2.30. The van der Waals surface area contributed by atoms with Crippen LogP contribution >= 0.6 is 0 Å². The zero-order valence-electron chi connectivity index (χ0n) is 11.3. The van der Waals surface area contributed by atoms with Gasteiger partial charge in [-0.2, -0.15) is 13.2 Å². The highest BCUT2D eigenvalue weighted by molar-refractivity contribution is 5.27. The molecule has 1 atom stereocenters. The molecule has 0 fully saturated rings. The lowest BCUT2D eigenvalue weighted by Crippen LogP contribution is -2.27. The lowest BCUT2D eigenvalue weighted by molar-refractivity contribution is -0.139. The van der Waals surface area contributed by atoms with E-state index in [9.17, 15) is 13.2 Å². The number of ether oxygens (including phenoxy) is 1. The molecular formula is C14H20F3NO. The lowest BCUT2D eigenvalue weighted by atomic mass is 10.1.